The van der Waals surface area contributed by atoms with Crippen LogP contribution in [0.5, 0.6) is 0 Å². The van der Waals surface area contributed by atoms with Crippen molar-refractivity contribution in [2.75, 3.05) is 11.4 Å². The Morgan fingerprint density at radius 2 is 2.07 bits per heavy atom. The SMILES string of the molecule is CC12C=CC3(CN(c4ccccc4)C(=O)C3C1C(=O)N/N=C1\CC3CCC1C3)O2. The maximum absolute atomic E-state index is 13.4. The maximum atomic E-state index is 13.4. The van der Waals surface area contributed by atoms with Gasteiger partial charge in [0.2, 0.25) is 11.8 Å². The number of para-hydroxylation sites is 1. The molecule has 5 aliphatic rings. The lowest BCUT2D eigenvalue weighted by molar-refractivity contribution is -0.133. The van der Waals surface area contributed by atoms with Crippen molar-refractivity contribution >= 4 is 23.2 Å². The van der Waals surface area contributed by atoms with Gasteiger partial charge in [0.15, 0.2) is 0 Å². The molecule has 1 aromatic rings. The second-order valence-corrected chi connectivity index (χ2v) is 9.45. The average Bonchev–Trinajstić information content (AvgIpc) is 3.51. The van der Waals surface area contributed by atoms with E-state index in [9.17, 15) is 9.59 Å². The number of carbonyl (C=O) groups is 2. The van der Waals surface area contributed by atoms with Crippen LogP contribution in [0.25, 0.3) is 0 Å². The zero-order chi connectivity index (χ0) is 19.8. The first-order valence-electron chi connectivity index (χ1n) is 10.6. The molecule has 1 spiro atoms. The van der Waals surface area contributed by atoms with Crippen LogP contribution in [0.15, 0.2) is 47.6 Å². The number of hydrogen-bond acceptors (Lipinski definition) is 4. The summed E-state index contributed by atoms with van der Waals surface area (Å²) in [6.45, 7) is 2.35. The molecule has 3 heterocycles. The first-order chi connectivity index (χ1) is 14.0. The van der Waals surface area contributed by atoms with E-state index in [4.69, 9.17) is 4.74 Å². The van der Waals surface area contributed by atoms with E-state index in [1.807, 2.05) is 49.4 Å². The fourth-order valence-corrected chi connectivity index (χ4v) is 6.36. The number of benzene rings is 1. The fraction of sp³-hybridized carbons (Fsp3) is 0.522. The van der Waals surface area contributed by atoms with Gasteiger partial charge in [-0.05, 0) is 56.6 Å². The highest BCUT2D eigenvalue weighted by Gasteiger charge is 2.71. The Kier molecular flexibility index (Phi) is 3.47. The summed E-state index contributed by atoms with van der Waals surface area (Å²) in [6, 6.07) is 9.60. The van der Waals surface area contributed by atoms with Crippen molar-refractivity contribution < 1.29 is 14.3 Å². The van der Waals surface area contributed by atoms with Gasteiger partial charge in [-0.15, -0.1) is 0 Å². The van der Waals surface area contributed by atoms with Gasteiger partial charge in [-0.25, -0.2) is 5.43 Å². The average molecular weight is 391 g/mol. The lowest BCUT2D eigenvalue weighted by Crippen LogP contribution is -2.47. The number of amides is 2. The highest BCUT2D eigenvalue weighted by atomic mass is 16.5. The zero-order valence-corrected chi connectivity index (χ0v) is 16.5. The minimum Gasteiger partial charge on any atom is -0.357 e. The minimum atomic E-state index is -0.762. The molecule has 150 valence electrons. The van der Waals surface area contributed by atoms with E-state index in [2.05, 4.69) is 10.5 Å². The third-order valence-electron chi connectivity index (χ3n) is 7.69. The molecule has 6 heteroatoms. The van der Waals surface area contributed by atoms with Gasteiger partial charge in [0.1, 0.15) is 5.60 Å². The van der Waals surface area contributed by atoms with Gasteiger partial charge in [0.25, 0.3) is 0 Å². The normalized spacial score (nSPS) is 42.9. The van der Waals surface area contributed by atoms with E-state index in [-0.39, 0.29) is 11.8 Å². The zero-order valence-electron chi connectivity index (χ0n) is 16.5. The minimum absolute atomic E-state index is 0.0444. The Bertz CT molecular complexity index is 957. The molecule has 3 aliphatic heterocycles. The van der Waals surface area contributed by atoms with E-state index in [1.54, 1.807) is 4.90 Å². The van der Waals surface area contributed by atoms with Gasteiger partial charge in [-0.3, -0.25) is 9.59 Å². The molecule has 2 aliphatic carbocycles. The van der Waals surface area contributed by atoms with Crippen molar-refractivity contribution in [3.8, 4) is 0 Å². The molecule has 6 nitrogen and oxygen atoms in total. The second-order valence-electron chi connectivity index (χ2n) is 9.45. The largest absolute Gasteiger partial charge is 0.357 e. The third-order valence-corrected chi connectivity index (χ3v) is 7.69. The van der Waals surface area contributed by atoms with E-state index in [0.717, 1.165) is 23.7 Å². The molecule has 1 aromatic carbocycles. The number of hydrogen-bond donors (Lipinski definition) is 1. The van der Waals surface area contributed by atoms with Crippen molar-refractivity contribution in [2.45, 2.75) is 43.8 Å². The number of ether oxygens (including phenoxy) is 1. The molecule has 6 rings (SSSR count). The Balaban J connectivity index is 1.28. The molecule has 1 N–H and O–H groups in total. The van der Waals surface area contributed by atoms with E-state index in [0.29, 0.717) is 12.5 Å². The summed E-state index contributed by atoms with van der Waals surface area (Å²) in [5, 5.41) is 4.49. The first kappa shape index (κ1) is 17.4. The molecule has 6 atom stereocenters. The van der Waals surface area contributed by atoms with Crippen molar-refractivity contribution in [2.24, 2.45) is 28.8 Å². The van der Waals surface area contributed by atoms with Crippen LogP contribution in [0.1, 0.15) is 32.6 Å². The molecular weight excluding hydrogens is 366 g/mol. The number of carbonyl (C=O) groups excluding carboxylic acids is 2. The highest BCUT2D eigenvalue weighted by Crippen LogP contribution is 2.57. The molecule has 0 radical (unpaired) electrons. The topological polar surface area (TPSA) is 71.0 Å². The second kappa shape index (κ2) is 5.79. The molecule has 4 bridgehead atoms. The summed E-state index contributed by atoms with van der Waals surface area (Å²) in [6.07, 6.45) is 8.62. The van der Waals surface area contributed by atoms with Crippen LogP contribution in [-0.2, 0) is 14.3 Å². The summed E-state index contributed by atoms with van der Waals surface area (Å²) >= 11 is 0. The smallest absolute Gasteiger partial charge is 0.247 e. The summed E-state index contributed by atoms with van der Waals surface area (Å²) < 4.78 is 6.37. The summed E-state index contributed by atoms with van der Waals surface area (Å²) in [4.78, 5) is 28.4. The van der Waals surface area contributed by atoms with Crippen molar-refractivity contribution in [3.63, 3.8) is 0 Å². The first-order valence-corrected chi connectivity index (χ1v) is 10.6. The Labute approximate surface area is 170 Å². The number of fused-ring (bicyclic) bond motifs is 3. The lowest BCUT2D eigenvalue weighted by Gasteiger charge is -2.28. The van der Waals surface area contributed by atoms with Crippen LogP contribution in [0.3, 0.4) is 0 Å². The molecule has 2 saturated heterocycles. The number of rotatable bonds is 3. The van der Waals surface area contributed by atoms with E-state index in [1.165, 1.54) is 19.3 Å². The fourth-order valence-electron chi connectivity index (χ4n) is 6.36. The molecule has 29 heavy (non-hydrogen) atoms. The van der Waals surface area contributed by atoms with E-state index < -0.39 is 23.0 Å². The Hall–Kier alpha value is -2.47. The van der Waals surface area contributed by atoms with Crippen LogP contribution in [-0.4, -0.2) is 35.3 Å². The maximum Gasteiger partial charge on any atom is 0.247 e. The third kappa shape index (κ3) is 2.35. The van der Waals surface area contributed by atoms with Gasteiger partial charge >= 0.3 is 0 Å². The Morgan fingerprint density at radius 1 is 1.24 bits per heavy atom. The van der Waals surface area contributed by atoms with Crippen LogP contribution >= 0.6 is 0 Å². The summed E-state index contributed by atoms with van der Waals surface area (Å²) in [5.41, 5.74) is 3.28. The number of hydrazone groups is 1. The van der Waals surface area contributed by atoms with Gasteiger partial charge in [-0.1, -0.05) is 30.4 Å². The molecule has 6 unspecified atom stereocenters. The van der Waals surface area contributed by atoms with Gasteiger partial charge < -0.3 is 9.64 Å². The predicted octanol–water partition coefficient (Wildman–Crippen LogP) is 2.66. The van der Waals surface area contributed by atoms with E-state index >= 15 is 0 Å². The molecular formula is C23H25N3O3. The van der Waals surface area contributed by atoms with Gasteiger partial charge in [0.05, 0.1) is 24.0 Å². The number of anilines is 1. The Morgan fingerprint density at radius 3 is 2.79 bits per heavy atom. The van der Waals surface area contributed by atoms with Crippen LogP contribution < -0.4 is 10.3 Å². The standard InChI is InChI=1S/C23H25N3O3/c1-22-9-10-23(29-22)13-26(16-5-3-2-4-6-16)21(28)19(23)18(22)20(27)25-24-17-12-14-7-8-15(17)11-14/h2-6,9-10,14-15,18-19H,7-8,11-13H2,1H3,(H,25,27)/b24-17+. The van der Waals surface area contributed by atoms with Gasteiger partial charge in [-0.2, -0.15) is 5.10 Å². The van der Waals surface area contributed by atoms with Crippen LogP contribution in [0.2, 0.25) is 0 Å². The summed E-state index contributed by atoms with van der Waals surface area (Å²) in [5.74, 6) is -0.0741. The monoisotopic (exact) mass is 391 g/mol. The van der Waals surface area contributed by atoms with Gasteiger partial charge in [0, 0.05) is 11.4 Å². The molecule has 0 aromatic heterocycles. The number of nitrogens with zero attached hydrogens (tertiary/aromatic N) is 2. The van der Waals surface area contributed by atoms with Crippen molar-refractivity contribution in [3.05, 3.63) is 42.5 Å². The molecule has 2 amide bonds. The van der Waals surface area contributed by atoms with Crippen molar-refractivity contribution in [1.29, 1.82) is 0 Å². The lowest BCUT2D eigenvalue weighted by atomic mass is 9.72. The van der Waals surface area contributed by atoms with Crippen molar-refractivity contribution in [1.82, 2.24) is 5.43 Å². The summed E-state index contributed by atoms with van der Waals surface area (Å²) in [7, 11) is 0. The van der Waals surface area contributed by atoms with Crippen LogP contribution in [0.4, 0.5) is 5.69 Å². The quantitative estimate of drug-likeness (QED) is 0.636. The predicted molar refractivity (Wildman–Crippen MR) is 108 cm³/mol. The molecule has 4 fully saturated rings. The van der Waals surface area contributed by atoms with Crippen LogP contribution in [0, 0.1) is 23.7 Å². The number of nitrogens with one attached hydrogen (secondary N) is 1. The highest BCUT2D eigenvalue weighted by molar-refractivity contribution is 6.03. The molecule has 2 saturated carbocycles.